The summed E-state index contributed by atoms with van der Waals surface area (Å²) in [6.45, 7) is 1.87. The van der Waals surface area contributed by atoms with Crippen LogP contribution in [0.2, 0.25) is 0 Å². The maximum atomic E-state index is 13.2. The minimum absolute atomic E-state index is 0.00183. The van der Waals surface area contributed by atoms with Crippen molar-refractivity contribution in [1.29, 1.82) is 0 Å². The van der Waals surface area contributed by atoms with Gasteiger partial charge in [0.1, 0.15) is 11.6 Å². The number of anilines is 1. The fraction of sp³-hybridized carbons (Fsp3) is 0.500. The molecule has 1 aromatic heterocycles. The number of benzene rings is 1. The molecule has 1 heterocycles. The van der Waals surface area contributed by atoms with Crippen molar-refractivity contribution >= 4 is 11.7 Å². The number of halogens is 1. The van der Waals surface area contributed by atoms with E-state index in [1.807, 2.05) is 13.0 Å². The molecule has 2 aliphatic rings. The van der Waals surface area contributed by atoms with E-state index in [2.05, 4.69) is 10.4 Å². The van der Waals surface area contributed by atoms with Crippen LogP contribution in [-0.4, -0.2) is 21.7 Å². The van der Waals surface area contributed by atoms with Gasteiger partial charge < -0.3 is 11.1 Å². The molecule has 0 aliphatic heterocycles. The molecule has 2 bridgehead atoms. The summed E-state index contributed by atoms with van der Waals surface area (Å²) >= 11 is 0. The molecule has 138 valence electrons. The van der Waals surface area contributed by atoms with Gasteiger partial charge in [0, 0.05) is 18.0 Å². The number of carbonyl (C=O) groups excluding carboxylic acids is 1. The number of nitrogens with two attached hydrogens (primary N) is 1. The monoisotopic (exact) mass is 356 g/mol. The molecule has 0 radical (unpaired) electrons. The van der Waals surface area contributed by atoms with Crippen molar-refractivity contribution in [3.63, 3.8) is 0 Å². The molecule has 2 fully saturated rings. The van der Waals surface area contributed by atoms with Gasteiger partial charge in [-0.05, 0) is 68.7 Å². The van der Waals surface area contributed by atoms with E-state index in [1.165, 1.54) is 18.6 Å². The first-order valence-corrected chi connectivity index (χ1v) is 9.40. The summed E-state index contributed by atoms with van der Waals surface area (Å²) in [4.78, 5) is 12.9. The van der Waals surface area contributed by atoms with Crippen LogP contribution in [0.1, 0.15) is 37.8 Å². The van der Waals surface area contributed by atoms with E-state index in [0.717, 1.165) is 37.1 Å². The Bertz CT molecular complexity index is 787. The largest absolute Gasteiger partial charge is 0.327 e. The summed E-state index contributed by atoms with van der Waals surface area (Å²) in [5.74, 6) is 1.29. The number of fused-ring (bicyclic) bond motifs is 2. The Labute approximate surface area is 152 Å². The predicted molar refractivity (Wildman–Crippen MR) is 98.4 cm³/mol. The average molecular weight is 356 g/mol. The molecule has 2 aliphatic carbocycles. The van der Waals surface area contributed by atoms with Crippen LogP contribution in [0.25, 0.3) is 5.69 Å². The highest BCUT2D eigenvalue weighted by atomic mass is 19.1. The van der Waals surface area contributed by atoms with Crippen LogP contribution >= 0.6 is 0 Å². The summed E-state index contributed by atoms with van der Waals surface area (Å²) in [5.41, 5.74) is 7.86. The normalized spacial score (nSPS) is 28.0. The fourth-order valence-electron chi connectivity index (χ4n) is 4.60. The molecule has 0 spiro atoms. The summed E-state index contributed by atoms with van der Waals surface area (Å²) < 4.78 is 14.9. The van der Waals surface area contributed by atoms with Crippen LogP contribution in [0.3, 0.4) is 0 Å². The molecular weight excluding hydrogens is 331 g/mol. The number of hydrogen-bond acceptors (Lipinski definition) is 3. The second-order valence-corrected chi connectivity index (χ2v) is 7.75. The second kappa shape index (κ2) is 6.83. The van der Waals surface area contributed by atoms with Crippen LogP contribution in [0.4, 0.5) is 10.2 Å². The Morgan fingerprint density at radius 1 is 1.23 bits per heavy atom. The van der Waals surface area contributed by atoms with Crippen molar-refractivity contribution in [2.75, 3.05) is 5.32 Å². The molecule has 2 saturated carbocycles. The fourth-order valence-corrected chi connectivity index (χ4v) is 4.60. The second-order valence-electron chi connectivity index (χ2n) is 7.75. The molecule has 3 N–H and O–H groups in total. The van der Waals surface area contributed by atoms with Gasteiger partial charge >= 0.3 is 0 Å². The van der Waals surface area contributed by atoms with E-state index in [4.69, 9.17) is 5.73 Å². The van der Waals surface area contributed by atoms with Gasteiger partial charge in [-0.2, -0.15) is 5.10 Å². The van der Waals surface area contributed by atoms with Crippen molar-refractivity contribution in [1.82, 2.24) is 9.78 Å². The maximum Gasteiger partial charge on any atom is 0.228 e. The molecule has 26 heavy (non-hydrogen) atoms. The van der Waals surface area contributed by atoms with Gasteiger partial charge in [-0.25, -0.2) is 9.07 Å². The van der Waals surface area contributed by atoms with E-state index in [0.29, 0.717) is 17.7 Å². The summed E-state index contributed by atoms with van der Waals surface area (Å²) in [6.07, 6.45) is 5.23. The van der Waals surface area contributed by atoms with E-state index in [9.17, 15) is 9.18 Å². The molecule has 4 rings (SSSR count). The SMILES string of the molecule is Cc1cc(NC(=O)C2CC3CCCC(C2)C3N)n(-c2ccc(F)cc2)n1. The highest BCUT2D eigenvalue weighted by molar-refractivity contribution is 5.92. The number of aromatic nitrogens is 2. The van der Waals surface area contributed by atoms with Gasteiger partial charge in [0.25, 0.3) is 0 Å². The Balaban J connectivity index is 1.52. The molecule has 6 heteroatoms. The van der Waals surface area contributed by atoms with Crippen molar-refractivity contribution < 1.29 is 9.18 Å². The zero-order valence-electron chi connectivity index (χ0n) is 15.0. The van der Waals surface area contributed by atoms with E-state index < -0.39 is 0 Å². The number of carbonyl (C=O) groups is 1. The zero-order chi connectivity index (χ0) is 18.3. The third-order valence-corrected chi connectivity index (χ3v) is 5.94. The first-order chi connectivity index (χ1) is 12.5. The van der Waals surface area contributed by atoms with Crippen molar-refractivity contribution in [3.05, 3.63) is 41.8 Å². The van der Waals surface area contributed by atoms with Crippen LogP contribution in [0.5, 0.6) is 0 Å². The van der Waals surface area contributed by atoms with Crippen LogP contribution in [-0.2, 0) is 4.79 Å². The Hall–Kier alpha value is -2.21. The third-order valence-electron chi connectivity index (χ3n) is 5.94. The first kappa shape index (κ1) is 17.2. The number of nitrogens with zero attached hydrogens (tertiary/aromatic N) is 2. The van der Waals surface area contributed by atoms with E-state index in [1.54, 1.807) is 16.8 Å². The van der Waals surface area contributed by atoms with Gasteiger partial charge in [0.2, 0.25) is 5.91 Å². The first-order valence-electron chi connectivity index (χ1n) is 9.40. The average Bonchev–Trinajstić information content (AvgIpc) is 2.95. The minimum Gasteiger partial charge on any atom is -0.327 e. The third kappa shape index (κ3) is 3.26. The van der Waals surface area contributed by atoms with Gasteiger partial charge in [0.15, 0.2) is 0 Å². The zero-order valence-corrected chi connectivity index (χ0v) is 15.0. The van der Waals surface area contributed by atoms with Gasteiger partial charge in [-0.3, -0.25) is 4.79 Å². The molecule has 5 nitrogen and oxygen atoms in total. The Morgan fingerprint density at radius 3 is 2.54 bits per heavy atom. The van der Waals surface area contributed by atoms with Crippen LogP contribution in [0, 0.1) is 30.5 Å². The lowest BCUT2D eigenvalue weighted by atomic mass is 9.65. The highest BCUT2D eigenvalue weighted by Gasteiger charge is 2.40. The lowest BCUT2D eigenvalue weighted by Gasteiger charge is -2.43. The highest BCUT2D eigenvalue weighted by Crippen LogP contribution is 2.42. The van der Waals surface area contributed by atoms with Crippen molar-refractivity contribution in [2.45, 2.75) is 45.1 Å². The molecule has 2 unspecified atom stereocenters. The van der Waals surface area contributed by atoms with Gasteiger partial charge in [0.05, 0.1) is 11.4 Å². The molecule has 0 saturated heterocycles. The minimum atomic E-state index is -0.298. The Kier molecular flexibility index (Phi) is 4.53. The van der Waals surface area contributed by atoms with E-state index >= 15 is 0 Å². The summed E-state index contributed by atoms with van der Waals surface area (Å²) in [7, 11) is 0. The Morgan fingerprint density at radius 2 is 1.88 bits per heavy atom. The lowest BCUT2D eigenvalue weighted by molar-refractivity contribution is -0.122. The van der Waals surface area contributed by atoms with Crippen molar-refractivity contribution in [2.24, 2.45) is 23.5 Å². The molecule has 2 atom stereocenters. The van der Waals surface area contributed by atoms with Crippen LogP contribution < -0.4 is 11.1 Å². The smallest absolute Gasteiger partial charge is 0.228 e. The van der Waals surface area contributed by atoms with Crippen molar-refractivity contribution in [3.8, 4) is 5.69 Å². The summed E-state index contributed by atoms with van der Waals surface area (Å²) in [6, 6.07) is 8.18. The molecule has 1 amide bonds. The number of nitrogens with one attached hydrogen (secondary N) is 1. The molecular formula is C20H25FN4O. The topological polar surface area (TPSA) is 72.9 Å². The standard InChI is InChI=1S/C20H25FN4O/c1-12-9-18(25(24-12)17-7-5-16(21)6-8-17)23-20(26)15-10-13-3-2-4-14(11-15)19(13)22/h5-9,13-15,19H,2-4,10-11,22H2,1H3,(H,23,26). The number of amides is 1. The van der Waals surface area contributed by atoms with Gasteiger partial charge in [-0.15, -0.1) is 0 Å². The number of aryl methyl sites for hydroxylation is 1. The van der Waals surface area contributed by atoms with Crippen LogP contribution in [0.15, 0.2) is 30.3 Å². The number of hydrogen-bond donors (Lipinski definition) is 2. The quantitative estimate of drug-likeness (QED) is 0.885. The lowest BCUT2D eigenvalue weighted by Crippen LogP contribution is -2.48. The molecule has 2 aromatic rings. The van der Waals surface area contributed by atoms with Gasteiger partial charge in [-0.1, -0.05) is 6.42 Å². The number of rotatable bonds is 3. The molecule has 1 aromatic carbocycles. The predicted octanol–water partition coefficient (Wildman–Crippen LogP) is 3.41. The van der Waals surface area contributed by atoms with E-state index in [-0.39, 0.29) is 23.7 Å². The summed E-state index contributed by atoms with van der Waals surface area (Å²) in [5, 5.41) is 7.48. The maximum absolute atomic E-state index is 13.2.